The van der Waals surface area contributed by atoms with E-state index in [0.717, 1.165) is 23.7 Å². The summed E-state index contributed by atoms with van der Waals surface area (Å²) < 4.78 is 0. The van der Waals surface area contributed by atoms with Gasteiger partial charge in [-0.1, -0.05) is 50.1 Å². The fourth-order valence-corrected chi connectivity index (χ4v) is 5.90. The zero-order valence-corrected chi connectivity index (χ0v) is 18.9. The Bertz CT molecular complexity index is 740. The summed E-state index contributed by atoms with van der Waals surface area (Å²) >= 11 is 4.43. The maximum Gasteiger partial charge on any atom is 0.0314 e. The molecule has 0 heterocycles. The Hall–Kier alpha value is -1.45. The molecule has 2 saturated carbocycles. The molecule has 0 aromatic heterocycles. The van der Waals surface area contributed by atoms with Gasteiger partial charge in [-0.2, -0.15) is 0 Å². The van der Waals surface area contributed by atoms with Crippen LogP contribution in [0.4, 0.5) is 5.69 Å². The van der Waals surface area contributed by atoms with Gasteiger partial charge in [0, 0.05) is 17.1 Å². The van der Waals surface area contributed by atoms with Gasteiger partial charge >= 0.3 is 0 Å². The summed E-state index contributed by atoms with van der Waals surface area (Å²) in [7, 11) is 0. The van der Waals surface area contributed by atoms with Crippen LogP contribution in [-0.2, 0) is 5.41 Å². The average molecular weight is 411 g/mol. The molecule has 1 spiro atoms. The molecule has 2 aliphatic carbocycles. The quantitative estimate of drug-likeness (QED) is 0.196. The highest BCUT2D eigenvalue weighted by Crippen LogP contribution is 2.56. The maximum atomic E-state index is 6.00. The highest BCUT2D eigenvalue weighted by molar-refractivity contribution is 7.84. The van der Waals surface area contributed by atoms with E-state index in [0.29, 0.717) is 5.41 Å². The van der Waals surface area contributed by atoms with Crippen molar-refractivity contribution in [3.05, 3.63) is 65.1 Å². The molecule has 0 saturated heterocycles. The highest BCUT2D eigenvalue weighted by atomic mass is 32.1. The molecule has 3 N–H and O–H groups in total. The first-order valence-electron chi connectivity index (χ1n) is 11.3. The van der Waals surface area contributed by atoms with Gasteiger partial charge in [0.25, 0.3) is 0 Å². The summed E-state index contributed by atoms with van der Waals surface area (Å²) in [6.07, 6.45) is 18.3. The van der Waals surface area contributed by atoms with Gasteiger partial charge in [0.15, 0.2) is 0 Å². The third-order valence-electron chi connectivity index (χ3n) is 7.29. The Kier molecular flexibility index (Phi) is 7.70. The number of hydrogen-bond acceptors (Lipinski definition) is 3. The van der Waals surface area contributed by atoms with Gasteiger partial charge < -0.3 is 11.1 Å². The van der Waals surface area contributed by atoms with Crippen molar-refractivity contribution < 1.29 is 0 Å². The standard InChI is InChI=1S/C26H38N2S/c1-3-21(18-24(29)4-2)19-28-17-16-26(22-8-10-23(27)11-9-22)15-7-14-25(20-26)12-5-6-13-25/h3-4,8-11,18,28-29H,2,5-7,12-17,19-20,27H2,1H3/b21-3+,24-18+. The lowest BCUT2D eigenvalue weighted by Crippen LogP contribution is -2.40. The molecule has 0 aliphatic heterocycles. The molecule has 1 unspecified atom stereocenters. The lowest BCUT2D eigenvalue weighted by Gasteiger charge is -2.47. The molecule has 3 rings (SSSR count). The molecule has 0 radical (unpaired) electrons. The zero-order valence-electron chi connectivity index (χ0n) is 18.1. The first-order chi connectivity index (χ1) is 14.0. The van der Waals surface area contributed by atoms with Crippen molar-refractivity contribution in [1.82, 2.24) is 5.32 Å². The van der Waals surface area contributed by atoms with Crippen LogP contribution in [0.3, 0.4) is 0 Å². The van der Waals surface area contributed by atoms with E-state index in [1.807, 2.05) is 0 Å². The molecular formula is C26H38N2S. The number of allylic oxidation sites excluding steroid dienone is 2. The molecular weight excluding hydrogens is 372 g/mol. The highest BCUT2D eigenvalue weighted by Gasteiger charge is 2.46. The number of nitrogens with two attached hydrogens (primary N) is 1. The van der Waals surface area contributed by atoms with Crippen molar-refractivity contribution in [1.29, 1.82) is 0 Å². The Morgan fingerprint density at radius 1 is 1.14 bits per heavy atom. The third-order valence-corrected chi connectivity index (χ3v) is 7.60. The van der Waals surface area contributed by atoms with Crippen LogP contribution in [0.25, 0.3) is 0 Å². The second kappa shape index (κ2) is 10.0. The summed E-state index contributed by atoms with van der Waals surface area (Å²) in [4.78, 5) is 0.911. The molecule has 1 aromatic carbocycles. The normalized spacial score (nSPS) is 24.8. The summed E-state index contributed by atoms with van der Waals surface area (Å²) in [6.45, 7) is 7.77. The van der Waals surface area contributed by atoms with Crippen molar-refractivity contribution in [2.45, 2.75) is 70.1 Å². The maximum absolute atomic E-state index is 6.00. The minimum Gasteiger partial charge on any atom is -0.399 e. The Labute approximate surface area is 183 Å². The van der Waals surface area contributed by atoms with Crippen molar-refractivity contribution >= 4 is 18.3 Å². The second-order valence-corrected chi connectivity index (χ2v) is 9.72. The van der Waals surface area contributed by atoms with Crippen LogP contribution in [0.5, 0.6) is 0 Å². The van der Waals surface area contributed by atoms with Crippen LogP contribution in [0.1, 0.15) is 70.3 Å². The second-order valence-electron chi connectivity index (χ2n) is 9.20. The molecule has 29 heavy (non-hydrogen) atoms. The van der Waals surface area contributed by atoms with Crippen LogP contribution >= 0.6 is 12.6 Å². The minimum atomic E-state index is 0.283. The van der Waals surface area contributed by atoms with Gasteiger partial charge in [0.05, 0.1) is 0 Å². The largest absolute Gasteiger partial charge is 0.399 e. The minimum absolute atomic E-state index is 0.283. The number of thiol groups is 1. The van der Waals surface area contributed by atoms with E-state index in [4.69, 9.17) is 5.73 Å². The summed E-state index contributed by atoms with van der Waals surface area (Å²) in [5, 5.41) is 3.69. The lowest BCUT2D eigenvalue weighted by molar-refractivity contribution is 0.110. The van der Waals surface area contributed by atoms with E-state index in [9.17, 15) is 0 Å². The number of hydrogen-bond donors (Lipinski definition) is 3. The molecule has 0 bridgehead atoms. The average Bonchev–Trinajstić information content (AvgIpc) is 3.17. The van der Waals surface area contributed by atoms with Crippen molar-refractivity contribution in [3.8, 4) is 0 Å². The van der Waals surface area contributed by atoms with E-state index in [1.165, 1.54) is 68.9 Å². The first kappa shape index (κ1) is 22.2. The van der Waals surface area contributed by atoms with Gasteiger partial charge in [-0.3, -0.25) is 0 Å². The molecule has 2 fully saturated rings. The van der Waals surface area contributed by atoms with Crippen molar-refractivity contribution in [3.63, 3.8) is 0 Å². The zero-order chi connectivity index (χ0) is 20.7. The first-order valence-corrected chi connectivity index (χ1v) is 11.7. The number of nitrogens with one attached hydrogen (secondary N) is 1. The molecule has 1 aromatic rings. The molecule has 3 heteroatoms. The molecule has 2 aliphatic rings. The Morgan fingerprint density at radius 2 is 1.83 bits per heavy atom. The number of benzene rings is 1. The van der Waals surface area contributed by atoms with E-state index < -0.39 is 0 Å². The van der Waals surface area contributed by atoms with E-state index in [1.54, 1.807) is 6.08 Å². The Morgan fingerprint density at radius 3 is 2.48 bits per heavy atom. The van der Waals surface area contributed by atoms with E-state index in [2.05, 4.69) is 67.9 Å². The fourth-order valence-electron chi connectivity index (χ4n) is 5.73. The molecule has 1 atom stereocenters. The van der Waals surface area contributed by atoms with Gasteiger partial charge in [0.2, 0.25) is 0 Å². The molecule has 0 amide bonds. The van der Waals surface area contributed by atoms with Crippen LogP contribution in [-0.4, -0.2) is 13.1 Å². The van der Waals surface area contributed by atoms with Crippen molar-refractivity contribution in [2.24, 2.45) is 5.41 Å². The predicted octanol–water partition coefficient (Wildman–Crippen LogP) is 6.57. The van der Waals surface area contributed by atoms with Gasteiger partial charge in [-0.05, 0) is 92.2 Å². The predicted molar refractivity (Wildman–Crippen MR) is 130 cm³/mol. The summed E-state index contributed by atoms with van der Waals surface area (Å²) in [6, 6.07) is 8.76. The number of rotatable bonds is 8. The van der Waals surface area contributed by atoms with Crippen LogP contribution in [0.15, 0.2) is 59.6 Å². The third kappa shape index (κ3) is 5.58. The fraction of sp³-hybridized carbons (Fsp3) is 0.538. The summed E-state index contributed by atoms with van der Waals surface area (Å²) in [5.41, 5.74) is 10.5. The van der Waals surface area contributed by atoms with E-state index >= 15 is 0 Å². The van der Waals surface area contributed by atoms with Crippen LogP contribution in [0.2, 0.25) is 0 Å². The van der Waals surface area contributed by atoms with Gasteiger partial charge in [0.1, 0.15) is 0 Å². The number of nitrogen functional groups attached to an aromatic ring is 1. The lowest BCUT2D eigenvalue weighted by atomic mass is 9.57. The topological polar surface area (TPSA) is 38.0 Å². The molecule has 158 valence electrons. The monoisotopic (exact) mass is 410 g/mol. The van der Waals surface area contributed by atoms with Crippen LogP contribution < -0.4 is 11.1 Å². The van der Waals surface area contributed by atoms with Crippen molar-refractivity contribution in [2.75, 3.05) is 18.8 Å². The molecule has 2 nitrogen and oxygen atoms in total. The van der Waals surface area contributed by atoms with Gasteiger partial charge in [-0.25, -0.2) is 0 Å². The Balaban J connectivity index is 1.71. The van der Waals surface area contributed by atoms with Crippen LogP contribution in [0, 0.1) is 5.41 Å². The smallest absolute Gasteiger partial charge is 0.0314 e. The SMILES string of the molecule is C=C/C(S)=C\C(=C/C)CNCCC1(c2ccc(N)cc2)CCCC2(CCCC2)C1. The summed E-state index contributed by atoms with van der Waals surface area (Å²) in [5.74, 6) is 0. The van der Waals surface area contributed by atoms with E-state index in [-0.39, 0.29) is 5.41 Å². The van der Waals surface area contributed by atoms with Gasteiger partial charge in [-0.15, -0.1) is 12.6 Å². The number of anilines is 1.